The first-order valence-electron chi connectivity index (χ1n) is 6.38. The Morgan fingerprint density at radius 3 is 2.63 bits per heavy atom. The molecule has 0 aliphatic heterocycles. The van der Waals surface area contributed by atoms with Gasteiger partial charge in [0.05, 0.1) is 11.7 Å². The lowest BCUT2D eigenvalue weighted by molar-refractivity contribution is -0.146. The van der Waals surface area contributed by atoms with Crippen molar-refractivity contribution in [2.45, 2.75) is 37.5 Å². The van der Waals surface area contributed by atoms with Gasteiger partial charge in [-0.05, 0) is 25.0 Å². The van der Waals surface area contributed by atoms with Gasteiger partial charge in [-0.25, -0.2) is 4.39 Å². The minimum Gasteiger partial charge on any atom is -0.434 e. The zero-order valence-electron chi connectivity index (χ0n) is 10.6. The van der Waals surface area contributed by atoms with Crippen molar-refractivity contribution in [1.29, 1.82) is 0 Å². The van der Waals surface area contributed by atoms with E-state index in [1.165, 1.54) is 12.1 Å². The molecule has 4 heteroatoms. The first-order valence-corrected chi connectivity index (χ1v) is 6.76. The Bertz CT molecular complexity index is 473. The van der Waals surface area contributed by atoms with Gasteiger partial charge in [-0.1, -0.05) is 43.5 Å². The van der Waals surface area contributed by atoms with Gasteiger partial charge in [0.1, 0.15) is 5.82 Å². The third-order valence-corrected chi connectivity index (χ3v) is 4.04. The summed E-state index contributed by atoms with van der Waals surface area (Å²) in [6, 6.07) is 4.48. The fourth-order valence-corrected chi connectivity index (χ4v) is 3.20. The zero-order valence-corrected chi connectivity index (χ0v) is 11.4. The maximum absolute atomic E-state index is 14.2. The van der Waals surface area contributed by atoms with Crippen molar-refractivity contribution in [3.05, 3.63) is 47.4 Å². The van der Waals surface area contributed by atoms with Crippen LogP contribution < -0.4 is 0 Å². The van der Waals surface area contributed by atoms with Gasteiger partial charge in [0.2, 0.25) is 0 Å². The highest BCUT2D eigenvalue weighted by molar-refractivity contribution is 6.31. The molecule has 1 aliphatic carbocycles. The Kier molecular flexibility index (Phi) is 4.25. The minimum absolute atomic E-state index is 0.267. The van der Waals surface area contributed by atoms with Crippen molar-refractivity contribution < 1.29 is 13.9 Å². The molecule has 0 radical (unpaired) electrons. The highest BCUT2D eigenvalue weighted by Gasteiger charge is 2.45. The van der Waals surface area contributed by atoms with Crippen molar-refractivity contribution in [2.24, 2.45) is 0 Å². The molecular formula is C15H16ClFO2. The van der Waals surface area contributed by atoms with E-state index < -0.39 is 17.2 Å². The van der Waals surface area contributed by atoms with Crippen LogP contribution >= 0.6 is 11.6 Å². The van der Waals surface area contributed by atoms with Gasteiger partial charge in [0.15, 0.2) is 0 Å². The van der Waals surface area contributed by atoms with E-state index in [0.717, 1.165) is 25.5 Å². The molecule has 0 saturated heterocycles. The van der Waals surface area contributed by atoms with E-state index in [2.05, 4.69) is 6.58 Å². The maximum Gasteiger partial charge on any atom is 0.321 e. The van der Waals surface area contributed by atoms with E-state index in [1.807, 2.05) is 0 Å². The van der Waals surface area contributed by atoms with Crippen LogP contribution in [0.5, 0.6) is 0 Å². The first-order chi connectivity index (χ1) is 9.12. The number of hydrogen-bond donors (Lipinski definition) is 0. The molecule has 2 nitrogen and oxygen atoms in total. The molecule has 1 aromatic rings. The molecule has 0 unspecified atom stereocenters. The fourth-order valence-electron chi connectivity index (χ4n) is 2.85. The summed E-state index contributed by atoms with van der Waals surface area (Å²) in [5.74, 6) is -0.912. The van der Waals surface area contributed by atoms with E-state index in [-0.39, 0.29) is 10.6 Å². The highest BCUT2D eigenvalue weighted by atomic mass is 35.5. The monoisotopic (exact) mass is 282 g/mol. The SMILES string of the molecule is C=COC(=O)C1(c2c(F)cccc2Cl)CCCCC1. The first kappa shape index (κ1) is 14.1. The van der Waals surface area contributed by atoms with Crippen molar-refractivity contribution >= 4 is 17.6 Å². The van der Waals surface area contributed by atoms with Gasteiger partial charge in [0.25, 0.3) is 0 Å². The number of ether oxygens (including phenoxy) is 1. The van der Waals surface area contributed by atoms with Crippen LogP contribution in [0.2, 0.25) is 5.02 Å². The lowest BCUT2D eigenvalue weighted by Crippen LogP contribution is -2.39. The molecule has 0 heterocycles. The topological polar surface area (TPSA) is 26.3 Å². The number of rotatable bonds is 3. The van der Waals surface area contributed by atoms with E-state index in [4.69, 9.17) is 16.3 Å². The number of carbonyl (C=O) groups excluding carboxylic acids is 1. The molecule has 0 amide bonds. The molecule has 102 valence electrons. The predicted octanol–water partition coefficient (Wildman–Crippen LogP) is 4.37. The van der Waals surface area contributed by atoms with E-state index in [1.54, 1.807) is 6.07 Å². The summed E-state index contributed by atoms with van der Waals surface area (Å²) in [6.07, 6.45) is 4.96. The second kappa shape index (κ2) is 5.74. The van der Waals surface area contributed by atoms with Gasteiger partial charge in [0, 0.05) is 10.6 Å². The molecule has 19 heavy (non-hydrogen) atoms. The molecule has 0 N–H and O–H groups in total. The highest BCUT2D eigenvalue weighted by Crippen LogP contribution is 2.44. The summed E-state index contributed by atoms with van der Waals surface area (Å²) >= 11 is 6.12. The van der Waals surface area contributed by atoms with E-state index in [9.17, 15) is 9.18 Å². The minimum atomic E-state index is -0.977. The number of esters is 1. The largest absolute Gasteiger partial charge is 0.434 e. The number of hydrogen-bond acceptors (Lipinski definition) is 2. The van der Waals surface area contributed by atoms with Crippen LogP contribution in [0.25, 0.3) is 0 Å². The second-order valence-corrected chi connectivity index (χ2v) is 5.22. The number of carbonyl (C=O) groups is 1. The summed E-state index contributed by atoms with van der Waals surface area (Å²) in [7, 11) is 0. The van der Waals surface area contributed by atoms with Crippen molar-refractivity contribution in [1.82, 2.24) is 0 Å². The van der Waals surface area contributed by atoms with Gasteiger partial charge in [-0.3, -0.25) is 4.79 Å². The lowest BCUT2D eigenvalue weighted by Gasteiger charge is -2.35. The molecule has 2 rings (SSSR count). The van der Waals surface area contributed by atoms with Crippen LogP contribution in [0.15, 0.2) is 31.0 Å². The molecule has 1 saturated carbocycles. The Labute approximate surface area is 117 Å². The van der Waals surface area contributed by atoms with E-state index in [0.29, 0.717) is 12.8 Å². The Morgan fingerprint density at radius 1 is 1.37 bits per heavy atom. The standard InChI is InChI=1S/C15H16ClFO2/c1-2-19-14(18)15(9-4-3-5-10-15)13-11(16)7-6-8-12(13)17/h2,6-8H,1,3-5,9-10H2. The molecular weight excluding hydrogens is 267 g/mol. The van der Waals surface area contributed by atoms with Crippen LogP contribution in [0, 0.1) is 5.82 Å². The Morgan fingerprint density at radius 2 is 2.05 bits per heavy atom. The molecule has 1 aliphatic rings. The number of halogens is 2. The Hall–Kier alpha value is -1.35. The van der Waals surface area contributed by atoms with E-state index >= 15 is 0 Å². The summed E-state index contributed by atoms with van der Waals surface area (Å²) in [4.78, 5) is 12.3. The summed E-state index contributed by atoms with van der Waals surface area (Å²) in [6.45, 7) is 3.40. The van der Waals surface area contributed by atoms with Crippen molar-refractivity contribution in [3.8, 4) is 0 Å². The third kappa shape index (κ3) is 2.52. The molecule has 0 spiro atoms. The zero-order chi connectivity index (χ0) is 13.9. The van der Waals surface area contributed by atoms with Gasteiger partial charge in [-0.15, -0.1) is 0 Å². The normalized spacial score (nSPS) is 17.8. The van der Waals surface area contributed by atoms with Crippen LogP contribution in [0.3, 0.4) is 0 Å². The Balaban J connectivity index is 2.54. The molecule has 1 fully saturated rings. The van der Waals surface area contributed by atoms with Crippen molar-refractivity contribution in [3.63, 3.8) is 0 Å². The molecule has 0 bridgehead atoms. The van der Waals surface area contributed by atoms with Crippen LogP contribution in [-0.2, 0) is 14.9 Å². The quantitative estimate of drug-likeness (QED) is 0.608. The maximum atomic E-state index is 14.2. The lowest BCUT2D eigenvalue weighted by atomic mass is 9.69. The fraction of sp³-hybridized carbons (Fsp3) is 0.400. The van der Waals surface area contributed by atoms with Crippen LogP contribution in [-0.4, -0.2) is 5.97 Å². The van der Waals surface area contributed by atoms with Crippen molar-refractivity contribution in [2.75, 3.05) is 0 Å². The average molecular weight is 283 g/mol. The van der Waals surface area contributed by atoms with Crippen LogP contribution in [0.4, 0.5) is 4.39 Å². The summed E-state index contributed by atoms with van der Waals surface area (Å²) < 4.78 is 19.1. The van der Waals surface area contributed by atoms with Gasteiger partial charge >= 0.3 is 5.97 Å². The average Bonchev–Trinajstić information content (AvgIpc) is 2.40. The summed E-state index contributed by atoms with van der Waals surface area (Å²) in [5, 5.41) is 0.280. The smallest absolute Gasteiger partial charge is 0.321 e. The molecule has 0 aromatic heterocycles. The second-order valence-electron chi connectivity index (χ2n) is 4.81. The van der Waals surface area contributed by atoms with Crippen LogP contribution in [0.1, 0.15) is 37.7 Å². The van der Waals surface area contributed by atoms with Gasteiger partial charge < -0.3 is 4.74 Å². The third-order valence-electron chi connectivity index (χ3n) is 3.73. The number of benzene rings is 1. The summed E-state index contributed by atoms with van der Waals surface area (Å²) in [5.41, 5.74) is -0.710. The predicted molar refractivity (Wildman–Crippen MR) is 72.5 cm³/mol. The molecule has 1 aromatic carbocycles. The molecule has 0 atom stereocenters. The van der Waals surface area contributed by atoms with Gasteiger partial charge in [-0.2, -0.15) is 0 Å².